The van der Waals surface area contributed by atoms with Gasteiger partial charge in [0.25, 0.3) is 6.47 Å². The van der Waals surface area contributed by atoms with Crippen molar-refractivity contribution in [3.05, 3.63) is 106 Å². The summed E-state index contributed by atoms with van der Waals surface area (Å²) in [5.74, 6) is -0.366. The fraction of sp³-hybridized carbons (Fsp3) is 0.302. The SMILES string of the molecule is Cc1cn2cc(-c3cc4c(F)cc(C5CCNCC5)cc4nn3)cc(F)c2n1.Cc1nc2c(C)cc(-c3cc(F)c4cc(C5CCNCC5)nnc4c3)nc2s1.Cl.Cl.O=CO. The van der Waals surface area contributed by atoms with Gasteiger partial charge < -0.3 is 20.1 Å². The zero-order valence-corrected chi connectivity index (χ0v) is 35.9. The number of aryl methyl sites for hydroxylation is 3. The summed E-state index contributed by atoms with van der Waals surface area (Å²) in [6, 6.07) is 13.8. The predicted octanol–water partition coefficient (Wildman–Crippen LogP) is 9.07. The molecule has 6 aromatic heterocycles. The average Bonchev–Trinajstić information content (AvgIpc) is 3.83. The van der Waals surface area contributed by atoms with Gasteiger partial charge in [-0.05, 0) is 138 Å². The quantitative estimate of drug-likeness (QED) is 0.145. The molecular formula is C43H43Cl2F3N10O2S. The molecule has 0 bridgehead atoms. The standard InChI is InChI=1S/C21H19F2N5.C21H20FN5S.CH2O2.2ClH/c1-12-10-28-11-15(7-18(23)21(28)25-12)19-9-16-17(22)6-14(8-20(16)27-26-19)13-2-4-24-5-3-13;1-11-7-17(25-21-20(11)24-12(2)28-21)14-8-16(22)15-10-18(26-27-19(15)9-14)13-3-5-23-6-4-13;2-1-3;;/h6-11,13,24H,2-5H2,1H3;7-10,13,23H,3-6H2,1-2H3;1H,(H,2,3);2*1H. The van der Waals surface area contributed by atoms with Crippen LogP contribution in [0.4, 0.5) is 13.2 Å². The Bertz CT molecular complexity index is 2850. The number of imidazole rings is 1. The van der Waals surface area contributed by atoms with E-state index in [0.717, 1.165) is 95.4 Å². The molecule has 318 valence electrons. The highest BCUT2D eigenvalue weighted by molar-refractivity contribution is 7.18. The lowest BCUT2D eigenvalue weighted by molar-refractivity contribution is -0.122. The zero-order chi connectivity index (χ0) is 41.2. The summed E-state index contributed by atoms with van der Waals surface area (Å²) in [4.78, 5) is 22.6. The van der Waals surface area contributed by atoms with E-state index >= 15 is 0 Å². The van der Waals surface area contributed by atoms with Gasteiger partial charge in [-0.15, -0.1) is 35.0 Å². The van der Waals surface area contributed by atoms with E-state index in [1.165, 1.54) is 6.07 Å². The molecule has 0 saturated carbocycles. The van der Waals surface area contributed by atoms with Crippen LogP contribution in [0.5, 0.6) is 0 Å². The predicted molar refractivity (Wildman–Crippen MR) is 237 cm³/mol. The molecule has 0 amide bonds. The van der Waals surface area contributed by atoms with Crippen LogP contribution in [0.2, 0.25) is 0 Å². The van der Waals surface area contributed by atoms with E-state index in [-0.39, 0.29) is 48.6 Å². The van der Waals surface area contributed by atoms with Crippen LogP contribution in [-0.2, 0) is 4.79 Å². The molecule has 8 aromatic rings. The van der Waals surface area contributed by atoms with Gasteiger partial charge in [0.05, 0.1) is 38.8 Å². The monoisotopic (exact) mass is 890 g/mol. The lowest BCUT2D eigenvalue weighted by atomic mass is 9.89. The third kappa shape index (κ3) is 9.73. The lowest BCUT2D eigenvalue weighted by Crippen LogP contribution is -2.27. The number of nitrogens with one attached hydrogen (secondary N) is 2. The van der Waals surface area contributed by atoms with Crippen LogP contribution in [0.1, 0.15) is 65.0 Å². The average molecular weight is 892 g/mol. The highest BCUT2D eigenvalue weighted by Gasteiger charge is 2.21. The minimum atomic E-state index is -0.450. The molecule has 12 nitrogen and oxygen atoms in total. The summed E-state index contributed by atoms with van der Waals surface area (Å²) in [5.41, 5.74) is 8.27. The Labute approximate surface area is 365 Å². The van der Waals surface area contributed by atoms with Crippen molar-refractivity contribution in [3.8, 4) is 22.5 Å². The second-order valence-electron chi connectivity index (χ2n) is 14.9. The number of rotatable bonds is 4. The topological polar surface area (TPSA) is 156 Å². The summed E-state index contributed by atoms with van der Waals surface area (Å²) >= 11 is 1.55. The second kappa shape index (κ2) is 19.5. The Morgan fingerprint density at radius 1 is 0.689 bits per heavy atom. The first-order valence-corrected chi connectivity index (χ1v) is 20.2. The van der Waals surface area contributed by atoms with E-state index in [4.69, 9.17) is 14.9 Å². The van der Waals surface area contributed by atoms with E-state index in [2.05, 4.69) is 41.0 Å². The van der Waals surface area contributed by atoms with E-state index in [9.17, 15) is 13.2 Å². The molecule has 2 aliphatic rings. The van der Waals surface area contributed by atoms with Gasteiger partial charge in [0.1, 0.15) is 22.0 Å². The first-order valence-electron chi connectivity index (χ1n) is 19.4. The molecule has 2 saturated heterocycles. The summed E-state index contributed by atoms with van der Waals surface area (Å²) in [6.07, 6.45) is 7.46. The first kappa shape index (κ1) is 45.1. The molecule has 10 rings (SSSR count). The minimum absolute atomic E-state index is 0. The highest BCUT2D eigenvalue weighted by atomic mass is 35.5. The number of carbonyl (C=O) groups is 1. The van der Waals surface area contributed by atoms with Gasteiger partial charge in [-0.1, -0.05) is 11.3 Å². The van der Waals surface area contributed by atoms with Crippen molar-refractivity contribution in [1.82, 2.24) is 50.4 Å². The van der Waals surface area contributed by atoms with Crippen molar-refractivity contribution < 1.29 is 23.1 Å². The Morgan fingerprint density at radius 3 is 2.03 bits per heavy atom. The van der Waals surface area contributed by atoms with Crippen LogP contribution in [0.25, 0.3) is 60.3 Å². The molecule has 8 heterocycles. The molecule has 0 unspecified atom stereocenters. The number of aromatic nitrogens is 8. The molecule has 2 aromatic carbocycles. The maximum atomic E-state index is 15.0. The summed E-state index contributed by atoms with van der Waals surface area (Å²) in [6.45, 7) is 9.35. The Hall–Kier alpha value is -5.39. The van der Waals surface area contributed by atoms with Gasteiger partial charge in [-0.3, -0.25) is 4.79 Å². The fourth-order valence-electron chi connectivity index (χ4n) is 7.87. The maximum Gasteiger partial charge on any atom is 0.290 e. The number of fused-ring (bicyclic) bond motifs is 4. The van der Waals surface area contributed by atoms with Crippen LogP contribution in [0, 0.1) is 38.2 Å². The smallest absolute Gasteiger partial charge is 0.290 e. The van der Waals surface area contributed by atoms with Gasteiger partial charge in [-0.25, -0.2) is 28.1 Å². The number of carboxylic acid groups (broad SMARTS) is 1. The maximum absolute atomic E-state index is 15.0. The van der Waals surface area contributed by atoms with Gasteiger partial charge >= 0.3 is 0 Å². The van der Waals surface area contributed by atoms with E-state index in [0.29, 0.717) is 50.5 Å². The summed E-state index contributed by atoms with van der Waals surface area (Å²) < 4.78 is 45.8. The Morgan fingerprint density at radius 2 is 1.31 bits per heavy atom. The second-order valence-corrected chi connectivity index (χ2v) is 16.1. The van der Waals surface area contributed by atoms with Gasteiger partial charge in [0, 0.05) is 40.2 Å². The largest absolute Gasteiger partial charge is 0.483 e. The number of thiazole rings is 1. The number of hydrogen-bond acceptors (Lipinski definition) is 11. The molecule has 2 aliphatic heterocycles. The fourth-order valence-corrected chi connectivity index (χ4v) is 8.73. The number of piperidine rings is 2. The van der Waals surface area contributed by atoms with Crippen LogP contribution < -0.4 is 10.6 Å². The van der Waals surface area contributed by atoms with Gasteiger partial charge in [-0.2, -0.15) is 10.2 Å². The molecular weight excluding hydrogens is 849 g/mol. The Kier molecular flexibility index (Phi) is 14.5. The van der Waals surface area contributed by atoms with Crippen molar-refractivity contribution in [2.45, 2.75) is 58.3 Å². The lowest BCUT2D eigenvalue weighted by Gasteiger charge is -2.23. The molecule has 61 heavy (non-hydrogen) atoms. The number of benzene rings is 2. The minimum Gasteiger partial charge on any atom is -0.483 e. The van der Waals surface area contributed by atoms with Crippen LogP contribution in [0.15, 0.2) is 60.9 Å². The highest BCUT2D eigenvalue weighted by Crippen LogP contribution is 2.33. The van der Waals surface area contributed by atoms with E-state index in [1.54, 1.807) is 53.3 Å². The van der Waals surface area contributed by atoms with Crippen molar-refractivity contribution in [2.24, 2.45) is 0 Å². The van der Waals surface area contributed by atoms with Crippen molar-refractivity contribution in [3.63, 3.8) is 0 Å². The number of pyridine rings is 2. The van der Waals surface area contributed by atoms with Crippen LogP contribution in [0.3, 0.4) is 0 Å². The summed E-state index contributed by atoms with van der Waals surface area (Å²) in [5, 5.41) is 32.7. The van der Waals surface area contributed by atoms with E-state index < -0.39 is 5.82 Å². The number of halogens is 5. The van der Waals surface area contributed by atoms with E-state index in [1.807, 2.05) is 38.1 Å². The van der Waals surface area contributed by atoms with Crippen molar-refractivity contribution >= 4 is 80.4 Å². The molecule has 0 radical (unpaired) electrons. The molecule has 2 fully saturated rings. The molecule has 0 aliphatic carbocycles. The molecule has 3 N–H and O–H groups in total. The van der Waals surface area contributed by atoms with Gasteiger partial charge in [0.15, 0.2) is 11.5 Å². The normalized spacial score (nSPS) is 14.5. The molecule has 0 atom stereocenters. The first-order chi connectivity index (χ1) is 28.6. The van der Waals surface area contributed by atoms with Crippen LogP contribution >= 0.6 is 36.2 Å². The third-order valence-corrected chi connectivity index (χ3v) is 11.7. The molecule has 18 heteroatoms. The third-order valence-electron chi connectivity index (χ3n) is 10.8. The van der Waals surface area contributed by atoms with Crippen molar-refractivity contribution in [2.75, 3.05) is 26.2 Å². The van der Waals surface area contributed by atoms with Gasteiger partial charge in [0.2, 0.25) is 0 Å². The summed E-state index contributed by atoms with van der Waals surface area (Å²) in [7, 11) is 0. The van der Waals surface area contributed by atoms with Crippen molar-refractivity contribution in [1.29, 1.82) is 0 Å². The zero-order valence-electron chi connectivity index (χ0n) is 33.5. The number of nitrogens with zero attached hydrogens (tertiary/aromatic N) is 8. The van der Waals surface area contributed by atoms with Crippen LogP contribution in [-0.4, -0.2) is 77.5 Å². The number of hydrogen-bond donors (Lipinski definition) is 3. The Balaban J connectivity index is 0.000000186. The molecule has 0 spiro atoms.